The van der Waals surface area contributed by atoms with Gasteiger partial charge in [0.15, 0.2) is 0 Å². The largest absolute Gasteiger partial charge is 0.394 e. The number of nitrogens with one attached hydrogen (secondary N) is 1. The van der Waals surface area contributed by atoms with Crippen LogP contribution in [-0.4, -0.2) is 47.8 Å². The molecule has 1 saturated heterocycles. The van der Waals surface area contributed by atoms with Gasteiger partial charge in [0, 0.05) is 24.3 Å². The molecule has 2 atom stereocenters. The first kappa shape index (κ1) is 12.8. The fraction of sp³-hybridized carbons (Fsp3) is 0.500. The van der Waals surface area contributed by atoms with Crippen LogP contribution in [0.3, 0.4) is 0 Å². The van der Waals surface area contributed by atoms with Gasteiger partial charge in [0.05, 0.1) is 31.2 Å². The molecule has 2 rings (SSSR count). The minimum absolute atomic E-state index is 0.0150. The minimum Gasteiger partial charge on any atom is -0.394 e. The van der Waals surface area contributed by atoms with Crippen LogP contribution < -0.4 is 10.6 Å². The monoisotopic (exact) mass is 250 g/mol. The number of hydrogen-bond donors (Lipinski definition) is 3. The Balaban J connectivity index is 2.31. The average molecular weight is 250 g/mol. The molecule has 0 saturated carbocycles. The van der Waals surface area contributed by atoms with Crippen molar-refractivity contribution in [3.05, 3.63) is 24.0 Å². The third kappa shape index (κ3) is 2.44. The van der Waals surface area contributed by atoms with Crippen molar-refractivity contribution in [1.29, 1.82) is 5.41 Å². The lowest BCUT2D eigenvalue weighted by Gasteiger charge is -2.39. The van der Waals surface area contributed by atoms with Gasteiger partial charge in [-0.25, -0.2) is 0 Å². The first-order valence-corrected chi connectivity index (χ1v) is 5.91. The van der Waals surface area contributed by atoms with Crippen LogP contribution >= 0.6 is 0 Å². The molecule has 2 heterocycles. The van der Waals surface area contributed by atoms with Gasteiger partial charge in [-0.05, 0) is 13.0 Å². The Morgan fingerprint density at radius 3 is 3.17 bits per heavy atom. The standard InChI is InChI=1S/C12H18N4O2/c1-8-7-18-9(6-17)5-16(8)11-4-15-3-2-10(11)12(13)14/h2-4,8-9,17H,5-7H2,1H3,(H3,13,14). The first-order chi connectivity index (χ1) is 8.63. The minimum atomic E-state index is -0.207. The lowest BCUT2D eigenvalue weighted by Crippen LogP contribution is -2.50. The molecule has 1 aliphatic heterocycles. The van der Waals surface area contributed by atoms with Crippen LogP contribution in [-0.2, 0) is 4.74 Å². The lowest BCUT2D eigenvalue weighted by atomic mass is 10.1. The molecule has 4 N–H and O–H groups in total. The number of rotatable bonds is 3. The molecule has 1 aromatic heterocycles. The molecule has 0 spiro atoms. The van der Waals surface area contributed by atoms with Crippen molar-refractivity contribution in [3.8, 4) is 0 Å². The van der Waals surface area contributed by atoms with Gasteiger partial charge >= 0.3 is 0 Å². The highest BCUT2D eigenvalue weighted by molar-refractivity contribution is 6.00. The fourth-order valence-corrected chi connectivity index (χ4v) is 2.11. The lowest BCUT2D eigenvalue weighted by molar-refractivity contribution is -0.0103. The molecule has 0 radical (unpaired) electrons. The Morgan fingerprint density at radius 1 is 1.72 bits per heavy atom. The quantitative estimate of drug-likeness (QED) is 0.516. The zero-order valence-corrected chi connectivity index (χ0v) is 10.3. The van der Waals surface area contributed by atoms with Crippen molar-refractivity contribution in [2.75, 3.05) is 24.7 Å². The van der Waals surface area contributed by atoms with Crippen LogP contribution in [0, 0.1) is 5.41 Å². The van der Waals surface area contributed by atoms with E-state index in [-0.39, 0.29) is 24.6 Å². The molecule has 18 heavy (non-hydrogen) atoms. The van der Waals surface area contributed by atoms with Crippen LogP contribution in [0.4, 0.5) is 5.69 Å². The zero-order valence-electron chi connectivity index (χ0n) is 10.3. The summed E-state index contributed by atoms with van der Waals surface area (Å²) in [4.78, 5) is 6.17. The molecule has 1 aromatic rings. The summed E-state index contributed by atoms with van der Waals surface area (Å²) in [6.07, 6.45) is 3.11. The van der Waals surface area contributed by atoms with E-state index in [0.29, 0.717) is 18.7 Å². The number of nitrogen functional groups attached to an aromatic ring is 1. The van der Waals surface area contributed by atoms with Crippen molar-refractivity contribution in [1.82, 2.24) is 4.98 Å². The molecule has 1 aliphatic rings. The van der Waals surface area contributed by atoms with Crippen molar-refractivity contribution in [3.63, 3.8) is 0 Å². The molecule has 2 unspecified atom stereocenters. The van der Waals surface area contributed by atoms with Crippen molar-refractivity contribution >= 4 is 11.5 Å². The van der Waals surface area contributed by atoms with E-state index >= 15 is 0 Å². The summed E-state index contributed by atoms with van der Waals surface area (Å²) in [5.74, 6) is 0.0200. The van der Waals surface area contributed by atoms with Gasteiger partial charge in [0.2, 0.25) is 0 Å². The van der Waals surface area contributed by atoms with Crippen LogP contribution in [0.1, 0.15) is 12.5 Å². The summed E-state index contributed by atoms with van der Waals surface area (Å²) >= 11 is 0. The highest BCUT2D eigenvalue weighted by Gasteiger charge is 2.27. The number of nitrogens with zero attached hydrogens (tertiary/aromatic N) is 2. The molecule has 0 aromatic carbocycles. The van der Waals surface area contributed by atoms with Crippen LogP contribution in [0.5, 0.6) is 0 Å². The van der Waals surface area contributed by atoms with E-state index < -0.39 is 0 Å². The molecule has 1 fully saturated rings. The number of pyridine rings is 1. The summed E-state index contributed by atoms with van der Waals surface area (Å²) in [6.45, 7) is 3.13. The summed E-state index contributed by atoms with van der Waals surface area (Å²) in [5.41, 5.74) is 7.06. The van der Waals surface area contributed by atoms with E-state index in [4.69, 9.17) is 15.9 Å². The molecular weight excluding hydrogens is 232 g/mol. The molecule has 0 bridgehead atoms. The topological polar surface area (TPSA) is 95.5 Å². The second-order valence-electron chi connectivity index (χ2n) is 4.45. The van der Waals surface area contributed by atoms with E-state index in [1.54, 1.807) is 18.5 Å². The van der Waals surface area contributed by atoms with Crippen molar-refractivity contribution in [2.45, 2.75) is 19.1 Å². The van der Waals surface area contributed by atoms with E-state index in [0.717, 1.165) is 5.69 Å². The summed E-state index contributed by atoms with van der Waals surface area (Å²) in [7, 11) is 0. The normalized spacial score (nSPS) is 24.0. The number of hydrogen-bond acceptors (Lipinski definition) is 5. The number of aliphatic hydroxyl groups excluding tert-OH is 1. The Hall–Kier alpha value is -1.66. The van der Waals surface area contributed by atoms with Crippen LogP contribution in [0.25, 0.3) is 0 Å². The molecule has 0 amide bonds. The number of amidine groups is 1. The molecular formula is C12H18N4O2. The second-order valence-corrected chi connectivity index (χ2v) is 4.45. The average Bonchev–Trinajstić information content (AvgIpc) is 2.39. The maximum Gasteiger partial charge on any atom is 0.125 e. The van der Waals surface area contributed by atoms with Crippen molar-refractivity contribution in [2.24, 2.45) is 5.73 Å². The Morgan fingerprint density at radius 2 is 2.50 bits per heavy atom. The zero-order chi connectivity index (χ0) is 13.1. The van der Waals surface area contributed by atoms with E-state index in [1.165, 1.54) is 0 Å². The van der Waals surface area contributed by atoms with Gasteiger partial charge < -0.3 is 20.5 Å². The molecule has 98 valence electrons. The predicted octanol–water partition coefficient (Wildman–Crippen LogP) is -0.0483. The number of anilines is 1. The second kappa shape index (κ2) is 5.32. The van der Waals surface area contributed by atoms with Gasteiger partial charge in [0.25, 0.3) is 0 Å². The van der Waals surface area contributed by atoms with Crippen LogP contribution in [0.15, 0.2) is 18.5 Å². The Kier molecular flexibility index (Phi) is 3.78. The number of aromatic nitrogens is 1. The summed E-state index contributed by atoms with van der Waals surface area (Å²) in [5, 5.41) is 16.8. The van der Waals surface area contributed by atoms with Gasteiger partial charge in [-0.3, -0.25) is 10.4 Å². The van der Waals surface area contributed by atoms with Crippen LogP contribution in [0.2, 0.25) is 0 Å². The Labute approximate surface area is 106 Å². The molecule has 0 aliphatic carbocycles. The van der Waals surface area contributed by atoms with E-state index in [1.807, 2.05) is 6.92 Å². The highest BCUT2D eigenvalue weighted by Crippen LogP contribution is 2.24. The van der Waals surface area contributed by atoms with E-state index in [2.05, 4.69) is 9.88 Å². The number of aliphatic hydroxyl groups is 1. The Bertz CT molecular complexity index is 438. The summed E-state index contributed by atoms with van der Waals surface area (Å²) in [6, 6.07) is 1.89. The van der Waals surface area contributed by atoms with Gasteiger partial charge in [0.1, 0.15) is 5.84 Å². The van der Waals surface area contributed by atoms with Gasteiger partial charge in [-0.1, -0.05) is 0 Å². The van der Waals surface area contributed by atoms with Gasteiger partial charge in [-0.2, -0.15) is 0 Å². The third-order valence-electron chi connectivity index (χ3n) is 3.11. The molecule has 6 nitrogen and oxygen atoms in total. The SMILES string of the molecule is CC1COC(CO)CN1c1cnccc1C(=N)N. The summed E-state index contributed by atoms with van der Waals surface area (Å²) < 4.78 is 5.49. The molecule has 6 heteroatoms. The predicted molar refractivity (Wildman–Crippen MR) is 68.9 cm³/mol. The fourth-order valence-electron chi connectivity index (χ4n) is 2.11. The maximum absolute atomic E-state index is 9.19. The number of ether oxygens (including phenoxy) is 1. The van der Waals surface area contributed by atoms with Gasteiger partial charge in [-0.15, -0.1) is 0 Å². The van der Waals surface area contributed by atoms with Crippen molar-refractivity contribution < 1.29 is 9.84 Å². The smallest absolute Gasteiger partial charge is 0.125 e. The number of morpholine rings is 1. The maximum atomic E-state index is 9.19. The first-order valence-electron chi connectivity index (χ1n) is 5.91. The van der Waals surface area contributed by atoms with E-state index in [9.17, 15) is 5.11 Å². The third-order valence-corrected chi connectivity index (χ3v) is 3.11. The number of nitrogens with two attached hydrogens (primary N) is 1. The highest BCUT2D eigenvalue weighted by atomic mass is 16.5.